The predicted molar refractivity (Wildman–Crippen MR) is 93.8 cm³/mol. The van der Waals surface area contributed by atoms with Gasteiger partial charge >= 0.3 is 0 Å². The number of carbonyl (C=O) groups excluding carboxylic acids is 2. The van der Waals surface area contributed by atoms with Crippen LogP contribution in [0.5, 0.6) is 11.5 Å². The van der Waals surface area contributed by atoms with Crippen molar-refractivity contribution in [1.82, 2.24) is 10.3 Å². The van der Waals surface area contributed by atoms with Crippen LogP contribution in [0.15, 0.2) is 42.6 Å². The van der Waals surface area contributed by atoms with Gasteiger partial charge in [0.2, 0.25) is 11.8 Å². The molecule has 2 heterocycles. The maximum atomic E-state index is 12.7. The molecule has 2 aliphatic rings. The molecule has 0 saturated heterocycles. The number of hydrogen-bond donors (Lipinski definition) is 2. The monoisotopic (exact) mass is 353 g/mol. The summed E-state index contributed by atoms with van der Waals surface area (Å²) in [5, 5.41) is 5.63. The average molecular weight is 353 g/mol. The Morgan fingerprint density at radius 2 is 1.85 bits per heavy atom. The highest BCUT2D eigenvalue weighted by Crippen LogP contribution is 2.47. The van der Waals surface area contributed by atoms with Crippen molar-refractivity contribution >= 4 is 17.5 Å². The second-order valence-corrected chi connectivity index (χ2v) is 6.40. The Morgan fingerprint density at radius 1 is 1.04 bits per heavy atom. The molecular weight excluding hydrogens is 334 g/mol. The first-order valence-corrected chi connectivity index (χ1v) is 8.57. The van der Waals surface area contributed by atoms with Gasteiger partial charge in [-0.05, 0) is 37.1 Å². The Hall–Kier alpha value is -3.09. The highest BCUT2D eigenvalue weighted by Gasteiger charge is 2.56. The average Bonchev–Trinajstić information content (AvgIpc) is 3.49. The van der Waals surface area contributed by atoms with Crippen molar-refractivity contribution in [3.05, 3.63) is 48.3 Å². The minimum absolute atomic E-state index is 0.266. The Kier molecular flexibility index (Phi) is 4.20. The Bertz CT molecular complexity index is 834. The lowest BCUT2D eigenvalue weighted by molar-refractivity contribution is -0.134. The van der Waals surface area contributed by atoms with Crippen LogP contribution in [-0.2, 0) is 16.1 Å². The van der Waals surface area contributed by atoms with E-state index in [0.29, 0.717) is 49.8 Å². The van der Waals surface area contributed by atoms with Crippen LogP contribution in [0.3, 0.4) is 0 Å². The van der Waals surface area contributed by atoms with Gasteiger partial charge in [-0.3, -0.25) is 14.6 Å². The number of fused-ring (bicyclic) bond motifs is 1. The smallest absolute Gasteiger partial charge is 0.240 e. The van der Waals surface area contributed by atoms with Crippen LogP contribution in [0.2, 0.25) is 0 Å². The second-order valence-electron chi connectivity index (χ2n) is 6.40. The summed E-state index contributed by atoms with van der Waals surface area (Å²) in [5.41, 5.74) is 0.342. The Balaban J connectivity index is 1.40. The van der Waals surface area contributed by atoms with Crippen LogP contribution in [0.1, 0.15) is 18.5 Å². The maximum Gasteiger partial charge on any atom is 0.240 e. The molecule has 2 aromatic rings. The van der Waals surface area contributed by atoms with E-state index in [4.69, 9.17) is 9.47 Å². The fourth-order valence-electron chi connectivity index (χ4n) is 2.90. The third-order valence-electron chi connectivity index (χ3n) is 4.58. The van der Waals surface area contributed by atoms with Crippen molar-refractivity contribution < 1.29 is 19.1 Å². The number of rotatable bonds is 5. The van der Waals surface area contributed by atoms with Crippen LogP contribution in [0.4, 0.5) is 5.69 Å². The van der Waals surface area contributed by atoms with Gasteiger partial charge in [0.25, 0.3) is 0 Å². The maximum absolute atomic E-state index is 12.7. The van der Waals surface area contributed by atoms with Gasteiger partial charge < -0.3 is 20.1 Å². The molecule has 0 radical (unpaired) electrons. The number of hydrogen-bond acceptors (Lipinski definition) is 5. The highest BCUT2D eigenvalue weighted by atomic mass is 16.6. The second kappa shape index (κ2) is 6.67. The lowest BCUT2D eigenvalue weighted by Crippen LogP contribution is -2.39. The third-order valence-corrected chi connectivity index (χ3v) is 4.58. The molecule has 0 spiro atoms. The molecular formula is C19H19N3O4. The number of pyridine rings is 1. The quantitative estimate of drug-likeness (QED) is 0.801. The first-order chi connectivity index (χ1) is 12.7. The number of carbonyl (C=O) groups is 2. The van der Waals surface area contributed by atoms with Crippen molar-refractivity contribution in [2.45, 2.75) is 19.4 Å². The lowest BCUT2D eigenvalue weighted by atomic mass is 10.0. The van der Waals surface area contributed by atoms with E-state index < -0.39 is 5.41 Å². The molecule has 1 aliphatic heterocycles. The molecule has 1 aliphatic carbocycles. The number of amides is 2. The van der Waals surface area contributed by atoms with E-state index in [2.05, 4.69) is 15.6 Å². The summed E-state index contributed by atoms with van der Waals surface area (Å²) in [6.07, 6.45) is 2.75. The lowest BCUT2D eigenvalue weighted by Gasteiger charge is -2.20. The summed E-state index contributed by atoms with van der Waals surface area (Å²) in [6.45, 7) is 1.29. The van der Waals surface area contributed by atoms with Crippen molar-refractivity contribution in [3.8, 4) is 11.5 Å². The summed E-state index contributed by atoms with van der Waals surface area (Å²) in [5.74, 6) is 0.688. The van der Waals surface area contributed by atoms with Crippen LogP contribution in [-0.4, -0.2) is 30.0 Å². The zero-order valence-electron chi connectivity index (χ0n) is 14.2. The zero-order chi connectivity index (χ0) is 18.0. The van der Waals surface area contributed by atoms with E-state index in [0.717, 1.165) is 5.69 Å². The van der Waals surface area contributed by atoms with Crippen molar-refractivity contribution in [3.63, 3.8) is 0 Å². The molecule has 1 saturated carbocycles. The number of nitrogens with zero attached hydrogens (tertiary/aromatic N) is 1. The van der Waals surface area contributed by atoms with Gasteiger partial charge in [-0.15, -0.1) is 0 Å². The molecule has 1 aromatic carbocycles. The highest BCUT2D eigenvalue weighted by molar-refractivity contribution is 6.13. The molecule has 1 aromatic heterocycles. The van der Waals surface area contributed by atoms with E-state index >= 15 is 0 Å². The summed E-state index contributed by atoms with van der Waals surface area (Å²) < 4.78 is 11.0. The molecule has 7 nitrogen and oxygen atoms in total. The molecule has 1 fully saturated rings. The van der Waals surface area contributed by atoms with Crippen LogP contribution >= 0.6 is 0 Å². The van der Waals surface area contributed by atoms with Gasteiger partial charge in [0, 0.05) is 18.0 Å². The first-order valence-electron chi connectivity index (χ1n) is 8.57. The Labute approximate surface area is 150 Å². The number of ether oxygens (including phenoxy) is 2. The molecule has 2 amide bonds. The molecule has 7 heteroatoms. The van der Waals surface area contributed by atoms with Gasteiger partial charge in [0.05, 0.1) is 12.2 Å². The van der Waals surface area contributed by atoms with E-state index in [-0.39, 0.29) is 11.8 Å². The van der Waals surface area contributed by atoms with Crippen LogP contribution < -0.4 is 20.1 Å². The van der Waals surface area contributed by atoms with Crippen molar-refractivity contribution in [2.24, 2.45) is 5.41 Å². The number of benzene rings is 1. The normalized spacial score (nSPS) is 16.5. The largest absolute Gasteiger partial charge is 0.486 e. The SMILES string of the molecule is O=C(NCc1ccccn1)C1(C(=O)Nc2ccc3c(c2)OCCO3)CC1. The van der Waals surface area contributed by atoms with Crippen molar-refractivity contribution in [1.29, 1.82) is 0 Å². The molecule has 134 valence electrons. The molecule has 0 bridgehead atoms. The van der Waals surface area contributed by atoms with Gasteiger partial charge in [-0.25, -0.2) is 0 Å². The molecule has 0 unspecified atom stereocenters. The first kappa shape index (κ1) is 16.4. The van der Waals surface area contributed by atoms with Gasteiger partial charge in [0.1, 0.15) is 18.6 Å². The standard InChI is InChI=1S/C19H19N3O4/c23-17(21-12-14-3-1-2-8-20-14)19(6-7-19)18(24)22-13-4-5-15-16(11-13)26-10-9-25-15/h1-5,8,11H,6-7,9-10,12H2,(H,21,23)(H,22,24). The van der Waals surface area contributed by atoms with Crippen molar-refractivity contribution in [2.75, 3.05) is 18.5 Å². The van der Waals surface area contributed by atoms with E-state index in [1.807, 2.05) is 18.2 Å². The van der Waals surface area contributed by atoms with Gasteiger partial charge in [-0.2, -0.15) is 0 Å². The van der Waals surface area contributed by atoms with Crippen LogP contribution in [0.25, 0.3) is 0 Å². The molecule has 4 rings (SSSR count). The summed E-state index contributed by atoms with van der Waals surface area (Å²) in [4.78, 5) is 29.3. The predicted octanol–water partition coefficient (Wildman–Crippen LogP) is 1.89. The molecule has 0 atom stereocenters. The van der Waals surface area contributed by atoms with Crippen LogP contribution in [0, 0.1) is 5.41 Å². The third kappa shape index (κ3) is 3.20. The van der Waals surface area contributed by atoms with E-state index in [9.17, 15) is 9.59 Å². The number of anilines is 1. The van der Waals surface area contributed by atoms with Gasteiger partial charge in [-0.1, -0.05) is 6.07 Å². The number of nitrogens with one attached hydrogen (secondary N) is 2. The summed E-state index contributed by atoms with van der Waals surface area (Å²) >= 11 is 0. The number of aromatic nitrogens is 1. The molecule has 26 heavy (non-hydrogen) atoms. The van der Waals surface area contributed by atoms with E-state index in [1.54, 1.807) is 24.4 Å². The minimum atomic E-state index is -0.998. The topological polar surface area (TPSA) is 89.6 Å². The minimum Gasteiger partial charge on any atom is -0.486 e. The fourth-order valence-corrected chi connectivity index (χ4v) is 2.90. The zero-order valence-corrected chi connectivity index (χ0v) is 14.2. The summed E-state index contributed by atoms with van der Waals surface area (Å²) in [7, 11) is 0. The molecule has 2 N–H and O–H groups in total. The Morgan fingerprint density at radius 3 is 2.58 bits per heavy atom. The van der Waals surface area contributed by atoms with E-state index in [1.165, 1.54) is 0 Å². The van der Waals surface area contributed by atoms with Gasteiger partial charge in [0.15, 0.2) is 11.5 Å². The fraction of sp³-hybridized carbons (Fsp3) is 0.316. The summed E-state index contributed by atoms with van der Waals surface area (Å²) in [6, 6.07) is 10.7.